The lowest BCUT2D eigenvalue weighted by molar-refractivity contribution is -0.131. The minimum Gasteiger partial charge on any atom is -0.379 e. The lowest BCUT2D eigenvalue weighted by Gasteiger charge is -2.41. The predicted molar refractivity (Wildman–Crippen MR) is 62.6 cm³/mol. The first-order chi connectivity index (χ1) is 7.03. The van der Waals surface area contributed by atoms with Crippen LogP contribution in [0.15, 0.2) is 0 Å². The van der Waals surface area contributed by atoms with Crippen molar-refractivity contribution in [3.05, 3.63) is 0 Å². The first kappa shape index (κ1) is 13.2. The highest BCUT2D eigenvalue weighted by Crippen LogP contribution is 2.20. The molecular formula is C11H22ClNO2. The third-order valence-electron chi connectivity index (χ3n) is 2.41. The number of hydrogen-bond donors (Lipinski definition) is 0. The zero-order valence-corrected chi connectivity index (χ0v) is 10.7. The number of nitrogens with zero attached hydrogens (tertiary/aromatic N) is 1. The monoisotopic (exact) mass is 235 g/mol. The second-order valence-corrected chi connectivity index (χ2v) is 5.10. The largest absolute Gasteiger partial charge is 0.379 e. The number of halogens is 1. The standard InChI is InChI=1S/C11H22ClNO2/c1-10-8-13(5-7-14-6-4-12)9-11(2,3)15-10/h10H,4-9H2,1-3H3. The molecule has 0 amide bonds. The van der Waals surface area contributed by atoms with Gasteiger partial charge in [-0.25, -0.2) is 0 Å². The van der Waals surface area contributed by atoms with E-state index in [9.17, 15) is 0 Å². The second kappa shape index (κ2) is 6.04. The molecule has 0 N–H and O–H groups in total. The molecule has 0 aromatic heterocycles. The molecule has 1 saturated heterocycles. The summed E-state index contributed by atoms with van der Waals surface area (Å²) >= 11 is 5.53. The van der Waals surface area contributed by atoms with Crippen molar-refractivity contribution in [2.45, 2.75) is 32.5 Å². The van der Waals surface area contributed by atoms with Crippen molar-refractivity contribution in [2.75, 3.05) is 38.7 Å². The number of alkyl halides is 1. The Morgan fingerprint density at radius 2 is 2.20 bits per heavy atom. The lowest BCUT2D eigenvalue weighted by Crippen LogP contribution is -2.52. The van der Waals surface area contributed by atoms with Crippen LogP contribution < -0.4 is 0 Å². The van der Waals surface area contributed by atoms with E-state index in [1.165, 1.54) is 0 Å². The van der Waals surface area contributed by atoms with E-state index in [0.717, 1.165) is 26.2 Å². The van der Waals surface area contributed by atoms with Crippen LogP contribution in [0.4, 0.5) is 0 Å². The lowest BCUT2D eigenvalue weighted by atomic mass is 10.1. The van der Waals surface area contributed by atoms with Crippen LogP contribution in [-0.4, -0.2) is 55.3 Å². The highest BCUT2D eigenvalue weighted by molar-refractivity contribution is 6.17. The predicted octanol–water partition coefficient (Wildman–Crippen LogP) is 1.74. The van der Waals surface area contributed by atoms with Gasteiger partial charge < -0.3 is 9.47 Å². The van der Waals surface area contributed by atoms with Gasteiger partial charge in [-0.15, -0.1) is 11.6 Å². The van der Waals surface area contributed by atoms with Crippen molar-refractivity contribution in [1.29, 1.82) is 0 Å². The summed E-state index contributed by atoms with van der Waals surface area (Å²) in [7, 11) is 0. The van der Waals surface area contributed by atoms with Crippen LogP contribution in [0.5, 0.6) is 0 Å². The van der Waals surface area contributed by atoms with Gasteiger partial charge in [-0.1, -0.05) is 0 Å². The van der Waals surface area contributed by atoms with E-state index in [4.69, 9.17) is 21.1 Å². The SMILES string of the molecule is CC1CN(CCOCCCl)CC(C)(C)O1. The molecule has 3 nitrogen and oxygen atoms in total. The van der Waals surface area contributed by atoms with Crippen molar-refractivity contribution < 1.29 is 9.47 Å². The summed E-state index contributed by atoms with van der Waals surface area (Å²) in [6.07, 6.45) is 0.307. The molecule has 4 heteroatoms. The van der Waals surface area contributed by atoms with Crippen molar-refractivity contribution in [2.24, 2.45) is 0 Å². The molecule has 1 aliphatic rings. The van der Waals surface area contributed by atoms with E-state index in [-0.39, 0.29) is 5.60 Å². The third kappa shape index (κ3) is 5.16. The fourth-order valence-corrected chi connectivity index (χ4v) is 2.22. The van der Waals surface area contributed by atoms with Gasteiger partial charge >= 0.3 is 0 Å². The Hall–Kier alpha value is 0.170. The van der Waals surface area contributed by atoms with E-state index < -0.39 is 0 Å². The Labute approximate surface area is 97.7 Å². The Kier molecular flexibility index (Phi) is 5.33. The zero-order valence-electron chi connectivity index (χ0n) is 9.96. The van der Waals surface area contributed by atoms with Crippen molar-refractivity contribution in [1.82, 2.24) is 4.90 Å². The minimum absolute atomic E-state index is 0.0375. The molecule has 0 aromatic carbocycles. The average molecular weight is 236 g/mol. The van der Waals surface area contributed by atoms with Crippen LogP contribution in [0.1, 0.15) is 20.8 Å². The van der Waals surface area contributed by atoms with Gasteiger partial charge in [0.2, 0.25) is 0 Å². The minimum atomic E-state index is -0.0375. The topological polar surface area (TPSA) is 21.7 Å². The maximum Gasteiger partial charge on any atom is 0.0757 e. The van der Waals surface area contributed by atoms with Gasteiger partial charge in [-0.05, 0) is 20.8 Å². The summed E-state index contributed by atoms with van der Waals surface area (Å²) < 4.78 is 11.2. The first-order valence-corrected chi connectivity index (χ1v) is 6.11. The molecule has 90 valence electrons. The molecule has 0 bridgehead atoms. The quantitative estimate of drug-likeness (QED) is 0.535. The smallest absolute Gasteiger partial charge is 0.0757 e. The molecule has 0 aliphatic carbocycles. The zero-order chi connectivity index (χ0) is 11.3. The fraction of sp³-hybridized carbons (Fsp3) is 1.00. The number of hydrogen-bond acceptors (Lipinski definition) is 3. The fourth-order valence-electron chi connectivity index (χ4n) is 2.11. The summed E-state index contributed by atoms with van der Waals surface area (Å²) in [5, 5.41) is 0. The Balaban J connectivity index is 2.23. The van der Waals surface area contributed by atoms with Crippen LogP contribution in [0.25, 0.3) is 0 Å². The molecule has 1 atom stereocenters. The van der Waals surface area contributed by atoms with E-state index in [2.05, 4.69) is 25.7 Å². The molecule has 1 unspecified atom stereocenters. The molecule has 1 aliphatic heterocycles. The summed E-state index contributed by atoms with van der Waals surface area (Å²) in [5.41, 5.74) is -0.0375. The van der Waals surface area contributed by atoms with Gasteiger partial charge in [0, 0.05) is 25.5 Å². The molecule has 1 heterocycles. The van der Waals surface area contributed by atoms with Crippen LogP contribution in [0, 0.1) is 0 Å². The molecular weight excluding hydrogens is 214 g/mol. The van der Waals surface area contributed by atoms with Crippen molar-refractivity contribution in [3.8, 4) is 0 Å². The van der Waals surface area contributed by atoms with E-state index in [0.29, 0.717) is 18.6 Å². The van der Waals surface area contributed by atoms with Gasteiger partial charge in [-0.2, -0.15) is 0 Å². The molecule has 0 saturated carbocycles. The normalized spacial score (nSPS) is 26.8. The maximum absolute atomic E-state index is 5.83. The highest BCUT2D eigenvalue weighted by atomic mass is 35.5. The molecule has 0 spiro atoms. The van der Waals surface area contributed by atoms with Gasteiger partial charge in [0.25, 0.3) is 0 Å². The summed E-state index contributed by atoms with van der Waals surface area (Å²) in [4.78, 5) is 2.39. The van der Waals surface area contributed by atoms with E-state index >= 15 is 0 Å². The molecule has 0 radical (unpaired) electrons. The van der Waals surface area contributed by atoms with Crippen LogP contribution in [-0.2, 0) is 9.47 Å². The number of rotatable bonds is 5. The van der Waals surface area contributed by atoms with Gasteiger partial charge in [0.15, 0.2) is 0 Å². The maximum atomic E-state index is 5.83. The molecule has 1 fully saturated rings. The molecule has 0 aromatic rings. The van der Waals surface area contributed by atoms with Crippen LogP contribution in [0.3, 0.4) is 0 Å². The Morgan fingerprint density at radius 3 is 2.80 bits per heavy atom. The van der Waals surface area contributed by atoms with Crippen molar-refractivity contribution in [3.63, 3.8) is 0 Å². The second-order valence-electron chi connectivity index (χ2n) is 4.72. The van der Waals surface area contributed by atoms with Crippen LogP contribution in [0.2, 0.25) is 0 Å². The summed E-state index contributed by atoms with van der Waals surface area (Å²) in [6, 6.07) is 0. The van der Waals surface area contributed by atoms with E-state index in [1.54, 1.807) is 0 Å². The Morgan fingerprint density at radius 1 is 1.47 bits per heavy atom. The van der Waals surface area contributed by atoms with Gasteiger partial charge in [0.1, 0.15) is 0 Å². The van der Waals surface area contributed by atoms with Gasteiger partial charge in [0.05, 0.1) is 24.9 Å². The summed E-state index contributed by atoms with van der Waals surface area (Å²) in [6.45, 7) is 10.7. The average Bonchev–Trinajstić information content (AvgIpc) is 2.09. The number of ether oxygens (including phenoxy) is 2. The van der Waals surface area contributed by atoms with Crippen molar-refractivity contribution >= 4 is 11.6 Å². The molecule has 15 heavy (non-hydrogen) atoms. The first-order valence-electron chi connectivity index (χ1n) is 5.57. The Bertz CT molecular complexity index is 187. The highest BCUT2D eigenvalue weighted by Gasteiger charge is 2.30. The third-order valence-corrected chi connectivity index (χ3v) is 2.57. The molecule has 1 rings (SSSR count). The number of morpholine rings is 1. The summed E-state index contributed by atoms with van der Waals surface area (Å²) in [5.74, 6) is 0.574. The van der Waals surface area contributed by atoms with E-state index in [1.807, 2.05) is 0 Å². The van der Waals surface area contributed by atoms with Gasteiger partial charge in [-0.3, -0.25) is 4.90 Å². The van der Waals surface area contributed by atoms with Crippen LogP contribution >= 0.6 is 11.6 Å².